The molecule has 1 aliphatic rings. The van der Waals surface area contributed by atoms with E-state index in [0.717, 1.165) is 25.2 Å². The number of carbonyl (C=O) groups excluding carboxylic acids is 2. The lowest BCUT2D eigenvalue weighted by Crippen LogP contribution is -2.51. The standard InChI is InChI=1S/C23H29N3O2/c1-23(2,3)19-11-7-8-12-20(19)24-21(27)22(28)26-15-13-25(14-16-26)17-18-9-5-4-6-10-18/h4-12H,13-17H2,1-3H3,(H,24,27). The first-order valence-electron chi connectivity index (χ1n) is 9.80. The van der Waals surface area contributed by atoms with Gasteiger partial charge in [0.15, 0.2) is 0 Å². The second kappa shape index (κ2) is 8.57. The minimum atomic E-state index is -0.562. The average Bonchev–Trinajstić information content (AvgIpc) is 2.68. The summed E-state index contributed by atoms with van der Waals surface area (Å²) in [6, 6.07) is 18.0. The van der Waals surface area contributed by atoms with Gasteiger partial charge in [-0.15, -0.1) is 0 Å². The van der Waals surface area contributed by atoms with Gasteiger partial charge >= 0.3 is 11.8 Å². The van der Waals surface area contributed by atoms with Crippen LogP contribution in [0.2, 0.25) is 0 Å². The number of rotatable bonds is 3. The van der Waals surface area contributed by atoms with Crippen LogP contribution < -0.4 is 5.32 Å². The maximum atomic E-state index is 12.6. The Balaban J connectivity index is 1.56. The highest BCUT2D eigenvalue weighted by Gasteiger charge is 2.27. The highest BCUT2D eigenvalue weighted by Crippen LogP contribution is 2.29. The number of amides is 2. The maximum absolute atomic E-state index is 12.6. The number of benzene rings is 2. The van der Waals surface area contributed by atoms with E-state index in [2.05, 4.69) is 43.1 Å². The van der Waals surface area contributed by atoms with Gasteiger partial charge in [0.2, 0.25) is 0 Å². The number of nitrogens with zero attached hydrogens (tertiary/aromatic N) is 2. The fraction of sp³-hybridized carbons (Fsp3) is 0.391. The molecule has 5 heteroatoms. The Morgan fingerprint density at radius 2 is 1.50 bits per heavy atom. The summed E-state index contributed by atoms with van der Waals surface area (Å²) in [4.78, 5) is 29.1. The molecule has 1 N–H and O–H groups in total. The molecule has 1 fully saturated rings. The molecule has 5 nitrogen and oxygen atoms in total. The quantitative estimate of drug-likeness (QED) is 0.833. The van der Waals surface area contributed by atoms with Crippen molar-refractivity contribution in [2.45, 2.75) is 32.7 Å². The number of anilines is 1. The first kappa shape index (κ1) is 20.1. The van der Waals surface area contributed by atoms with E-state index < -0.39 is 11.8 Å². The molecule has 2 aromatic carbocycles. The van der Waals surface area contributed by atoms with Crippen LogP contribution in [0.5, 0.6) is 0 Å². The molecule has 148 valence electrons. The molecule has 0 bridgehead atoms. The van der Waals surface area contributed by atoms with E-state index >= 15 is 0 Å². The Morgan fingerprint density at radius 3 is 2.14 bits per heavy atom. The van der Waals surface area contributed by atoms with Gasteiger partial charge in [-0.25, -0.2) is 0 Å². The Bertz CT molecular complexity index is 819. The lowest BCUT2D eigenvalue weighted by Gasteiger charge is -2.34. The van der Waals surface area contributed by atoms with Crippen LogP contribution in [0.4, 0.5) is 5.69 Å². The Kier molecular flexibility index (Phi) is 6.15. The predicted octanol–water partition coefficient (Wildman–Crippen LogP) is 3.27. The minimum Gasteiger partial charge on any atom is -0.332 e. The van der Waals surface area contributed by atoms with Crippen LogP contribution in [0.15, 0.2) is 54.6 Å². The van der Waals surface area contributed by atoms with Gasteiger partial charge in [-0.05, 0) is 22.6 Å². The zero-order valence-corrected chi connectivity index (χ0v) is 16.9. The minimum absolute atomic E-state index is 0.115. The van der Waals surface area contributed by atoms with Crippen LogP contribution in [0.3, 0.4) is 0 Å². The third-order valence-corrected chi connectivity index (χ3v) is 5.09. The van der Waals surface area contributed by atoms with Crippen LogP contribution in [-0.4, -0.2) is 47.8 Å². The smallest absolute Gasteiger partial charge is 0.313 e. The second-order valence-electron chi connectivity index (χ2n) is 8.30. The van der Waals surface area contributed by atoms with Crippen molar-refractivity contribution < 1.29 is 9.59 Å². The van der Waals surface area contributed by atoms with Crippen LogP contribution in [0.25, 0.3) is 0 Å². The number of piperazine rings is 1. The van der Waals surface area contributed by atoms with E-state index in [1.807, 2.05) is 42.5 Å². The normalized spacial score (nSPS) is 15.3. The summed E-state index contributed by atoms with van der Waals surface area (Å²) >= 11 is 0. The average molecular weight is 380 g/mol. The van der Waals surface area contributed by atoms with Crippen LogP contribution in [0, 0.1) is 0 Å². The van der Waals surface area contributed by atoms with E-state index in [9.17, 15) is 9.59 Å². The molecule has 0 atom stereocenters. The van der Waals surface area contributed by atoms with Gasteiger partial charge < -0.3 is 10.2 Å². The molecule has 1 saturated heterocycles. The predicted molar refractivity (Wildman–Crippen MR) is 112 cm³/mol. The molecule has 1 aliphatic heterocycles. The molecule has 1 heterocycles. The first-order chi connectivity index (χ1) is 13.3. The molecule has 0 aliphatic carbocycles. The summed E-state index contributed by atoms with van der Waals surface area (Å²) in [5.74, 6) is -1.02. The highest BCUT2D eigenvalue weighted by molar-refractivity contribution is 6.39. The Morgan fingerprint density at radius 1 is 0.893 bits per heavy atom. The van der Waals surface area contributed by atoms with Crippen molar-refractivity contribution in [2.75, 3.05) is 31.5 Å². The Hall–Kier alpha value is -2.66. The lowest BCUT2D eigenvalue weighted by atomic mass is 9.86. The topological polar surface area (TPSA) is 52.7 Å². The van der Waals surface area contributed by atoms with Gasteiger partial charge in [-0.3, -0.25) is 14.5 Å². The molecular weight excluding hydrogens is 350 g/mol. The third-order valence-electron chi connectivity index (χ3n) is 5.09. The molecule has 3 rings (SSSR count). The summed E-state index contributed by atoms with van der Waals surface area (Å²) < 4.78 is 0. The van der Waals surface area contributed by atoms with Crippen molar-refractivity contribution in [2.24, 2.45) is 0 Å². The summed E-state index contributed by atoms with van der Waals surface area (Å²) in [6.07, 6.45) is 0. The molecule has 0 radical (unpaired) electrons. The molecule has 0 saturated carbocycles. The number of carbonyl (C=O) groups is 2. The van der Waals surface area contributed by atoms with Gasteiger partial charge in [0.05, 0.1) is 0 Å². The van der Waals surface area contributed by atoms with Crippen molar-refractivity contribution in [3.63, 3.8) is 0 Å². The molecule has 28 heavy (non-hydrogen) atoms. The SMILES string of the molecule is CC(C)(C)c1ccccc1NC(=O)C(=O)N1CCN(Cc2ccccc2)CC1. The molecule has 2 amide bonds. The van der Waals surface area contributed by atoms with Gasteiger partial charge in [-0.1, -0.05) is 69.3 Å². The van der Waals surface area contributed by atoms with Crippen molar-refractivity contribution >= 4 is 17.5 Å². The number of hydrogen-bond acceptors (Lipinski definition) is 3. The van der Waals surface area contributed by atoms with E-state index in [-0.39, 0.29) is 5.41 Å². The zero-order valence-electron chi connectivity index (χ0n) is 16.9. The van der Waals surface area contributed by atoms with E-state index in [4.69, 9.17) is 0 Å². The summed E-state index contributed by atoms with van der Waals surface area (Å²) in [5.41, 5.74) is 2.87. The maximum Gasteiger partial charge on any atom is 0.313 e. The van der Waals surface area contributed by atoms with E-state index in [0.29, 0.717) is 18.8 Å². The van der Waals surface area contributed by atoms with E-state index in [1.165, 1.54) is 5.56 Å². The second-order valence-corrected chi connectivity index (χ2v) is 8.30. The van der Waals surface area contributed by atoms with Gasteiger partial charge in [0.1, 0.15) is 0 Å². The fourth-order valence-electron chi connectivity index (χ4n) is 3.52. The van der Waals surface area contributed by atoms with Gasteiger partial charge in [0.25, 0.3) is 0 Å². The first-order valence-corrected chi connectivity index (χ1v) is 9.80. The van der Waals surface area contributed by atoms with Gasteiger partial charge in [0, 0.05) is 38.4 Å². The number of hydrogen-bond donors (Lipinski definition) is 1. The molecule has 0 unspecified atom stereocenters. The highest BCUT2D eigenvalue weighted by atomic mass is 16.2. The monoisotopic (exact) mass is 379 g/mol. The summed E-state index contributed by atoms with van der Waals surface area (Å²) in [6.45, 7) is 9.82. The Labute approximate surface area is 167 Å². The van der Waals surface area contributed by atoms with Gasteiger partial charge in [-0.2, -0.15) is 0 Å². The van der Waals surface area contributed by atoms with Crippen molar-refractivity contribution in [3.05, 3.63) is 65.7 Å². The van der Waals surface area contributed by atoms with Crippen molar-refractivity contribution in [1.29, 1.82) is 0 Å². The number of para-hydroxylation sites is 1. The summed E-state index contributed by atoms with van der Waals surface area (Å²) in [5, 5.41) is 2.82. The molecule has 0 spiro atoms. The zero-order chi connectivity index (χ0) is 20.1. The van der Waals surface area contributed by atoms with Crippen LogP contribution >= 0.6 is 0 Å². The molecule has 2 aromatic rings. The van der Waals surface area contributed by atoms with Crippen LogP contribution in [-0.2, 0) is 21.5 Å². The largest absolute Gasteiger partial charge is 0.332 e. The lowest BCUT2D eigenvalue weighted by molar-refractivity contribution is -0.144. The molecular formula is C23H29N3O2. The fourth-order valence-corrected chi connectivity index (χ4v) is 3.52. The third kappa shape index (κ3) is 4.98. The van der Waals surface area contributed by atoms with E-state index in [1.54, 1.807) is 4.90 Å². The molecule has 0 aromatic heterocycles. The van der Waals surface area contributed by atoms with Crippen molar-refractivity contribution in [1.82, 2.24) is 9.80 Å². The van der Waals surface area contributed by atoms with Crippen LogP contribution in [0.1, 0.15) is 31.9 Å². The summed E-state index contributed by atoms with van der Waals surface area (Å²) in [7, 11) is 0. The number of nitrogens with one attached hydrogen (secondary N) is 1. The van der Waals surface area contributed by atoms with Crippen molar-refractivity contribution in [3.8, 4) is 0 Å².